The van der Waals surface area contributed by atoms with Crippen LogP contribution in [0.25, 0.3) is 0 Å². The van der Waals surface area contributed by atoms with Crippen LogP contribution in [-0.4, -0.2) is 46.6 Å². The Morgan fingerprint density at radius 2 is 1.92 bits per heavy atom. The molecule has 0 bridgehead atoms. The smallest absolute Gasteiger partial charge is 0.411 e. The molecule has 2 aromatic rings. The normalized spacial score (nSPS) is 15.0. The third kappa shape index (κ3) is 8.60. The lowest BCUT2D eigenvalue weighted by Gasteiger charge is -2.19. The summed E-state index contributed by atoms with van der Waals surface area (Å²) >= 11 is 0. The Bertz CT molecular complexity index is 1230. The SMILES string of the molecule is O=C[C@H](CC(=O)O)NC(=O)Cn1c(CC2C=CC=CC2)ccc(NC(=O)OCCc2ccccc2)c1=O. The van der Waals surface area contributed by atoms with Gasteiger partial charge >= 0.3 is 12.1 Å². The van der Waals surface area contributed by atoms with E-state index in [1.807, 2.05) is 54.6 Å². The topological polar surface area (TPSA) is 144 Å². The summed E-state index contributed by atoms with van der Waals surface area (Å²) in [6, 6.07) is 11.4. The van der Waals surface area contributed by atoms with Gasteiger partial charge in [-0.15, -0.1) is 0 Å². The first-order valence-electron chi connectivity index (χ1n) is 11.9. The van der Waals surface area contributed by atoms with Crippen LogP contribution in [0.1, 0.15) is 24.1 Å². The zero-order chi connectivity index (χ0) is 26.6. The van der Waals surface area contributed by atoms with E-state index in [1.54, 1.807) is 6.07 Å². The number of rotatable bonds is 12. The first kappa shape index (κ1) is 27.1. The second-order valence-corrected chi connectivity index (χ2v) is 8.55. The lowest BCUT2D eigenvalue weighted by Crippen LogP contribution is -2.42. The molecule has 1 aliphatic carbocycles. The highest BCUT2D eigenvalue weighted by atomic mass is 16.5. The Kier molecular flexibility index (Phi) is 9.95. The van der Waals surface area contributed by atoms with Gasteiger partial charge in [0, 0.05) is 12.1 Å². The van der Waals surface area contributed by atoms with Crippen molar-refractivity contribution in [3.05, 3.63) is 88.4 Å². The van der Waals surface area contributed by atoms with Crippen molar-refractivity contribution in [1.82, 2.24) is 9.88 Å². The number of aromatic nitrogens is 1. The average Bonchev–Trinajstić information content (AvgIpc) is 2.88. The van der Waals surface area contributed by atoms with Crippen molar-refractivity contribution in [2.45, 2.75) is 38.3 Å². The standard InChI is InChI=1S/C27H29N3O7/c31-18-21(16-25(33)34)28-24(32)17-30-22(15-20-9-5-2-6-10-20)11-12-23(26(30)35)29-27(36)37-14-13-19-7-3-1-4-8-19/h1-9,11-12,18,20-21H,10,13-17H2,(H,28,32)(H,29,36)(H,33,34)/t20?,21-/m0/s1. The molecule has 1 heterocycles. The number of aliphatic carboxylic acids is 1. The molecule has 2 amide bonds. The minimum Gasteiger partial charge on any atom is -0.481 e. The maximum Gasteiger partial charge on any atom is 0.411 e. The largest absolute Gasteiger partial charge is 0.481 e. The van der Waals surface area contributed by atoms with Crippen LogP contribution >= 0.6 is 0 Å². The van der Waals surface area contributed by atoms with Crippen LogP contribution in [0.2, 0.25) is 0 Å². The Morgan fingerprint density at radius 1 is 1.14 bits per heavy atom. The van der Waals surface area contributed by atoms with Crippen LogP contribution in [0, 0.1) is 5.92 Å². The van der Waals surface area contributed by atoms with Gasteiger partial charge < -0.3 is 24.5 Å². The summed E-state index contributed by atoms with van der Waals surface area (Å²) in [4.78, 5) is 60.2. The summed E-state index contributed by atoms with van der Waals surface area (Å²) in [7, 11) is 0. The lowest BCUT2D eigenvalue weighted by atomic mass is 9.95. The Labute approximate surface area is 213 Å². The number of aldehydes is 1. The van der Waals surface area contributed by atoms with E-state index in [-0.39, 0.29) is 18.2 Å². The summed E-state index contributed by atoms with van der Waals surface area (Å²) in [5, 5.41) is 13.7. The molecule has 0 saturated heterocycles. The molecule has 0 radical (unpaired) electrons. The van der Waals surface area contributed by atoms with Crippen molar-refractivity contribution in [2.24, 2.45) is 5.92 Å². The van der Waals surface area contributed by atoms with Crippen molar-refractivity contribution < 1.29 is 29.0 Å². The third-order valence-corrected chi connectivity index (χ3v) is 5.72. The molecule has 3 N–H and O–H groups in total. The Balaban J connectivity index is 1.73. The number of nitrogens with zero attached hydrogens (tertiary/aromatic N) is 1. The minimum absolute atomic E-state index is 0.0715. The van der Waals surface area contributed by atoms with Crippen LogP contribution in [0.5, 0.6) is 0 Å². The number of carboxylic acids is 1. The molecule has 2 atom stereocenters. The third-order valence-electron chi connectivity index (χ3n) is 5.72. The van der Waals surface area contributed by atoms with E-state index in [0.29, 0.717) is 24.8 Å². The molecule has 194 valence electrons. The van der Waals surface area contributed by atoms with E-state index in [1.165, 1.54) is 10.6 Å². The second-order valence-electron chi connectivity index (χ2n) is 8.55. The van der Waals surface area contributed by atoms with Gasteiger partial charge in [0.15, 0.2) is 0 Å². The molecular weight excluding hydrogens is 478 g/mol. The predicted molar refractivity (Wildman–Crippen MR) is 136 cm³/mol. The van der Waals surface area contributed by atoms with Gasteiger partial charge in [0.25, 0.3) is 5.56 Å². The fourth-order valence-corrected chi connectivity index (χ4v) is 3.88. The summed E-state index contributed by atoms with van der Waals surface area (Å²) in [5.74, 6) is -1.84. The van der Waals surface area contributed by atoms with Gasteiger partial charge in [-0.1, -0.05) is 54.6 Å². The second kappa shape index (κ2) is 13.6. The fraction of sp³-hybridized carbons (Fsp3) is 0.296. The first-order valence-corrected chi connectivity index (χ1v) is 11.9. The number of ether oxygens (including phenoxy) is 1. The van der Waals surface area contributed by atoms with Crippen molar-refractivity contribution in [1.29, 1.82) is 0 Å². The predicted octanol–water partition coefficient (Wildman–Crippen LogP) is 2.47. The van der Waals surface area contributed by atoms with Crippen LogP contribution in [0.15, 0.2) is 71.6 Å². The van der Waals surface area contributed by atoms with Crippen molar-refractivity contribution >= 4 is 29.9 Å². The summed E-state index contributed by atoms with van der Waals surface area (Å²) in [6.07, 6.45) is 8.51. The van der Waals surface area contributed by atoms with Gasteiger partial charge in [0.1, 0.15) is 18.5 Å². The number of allylic oxidation sites excluding steroid dienone is 4. The number of anilines is 1. The molecule has 0 aliphatic heterocycles. The highest BCUT2D eigenvalue weighted by Crippen LogP contribution is 2.18. The van der Waals surface area contributed by atoms with E-state index in [4.69, 9.17) is 9.84 Å². The number of carbonyl (C=O) groups is 4. The molecule has 3 rings (SSSR count). The number of benzene rings is 1. The number of hydrogen-bond donors (Lipinski definition) is 3. The number of carboxylic acid groups (broad SMARTS) is 1. The van der Waals surface area contributed by atoms with Crippen molar-refractivity contribution in [3.63, 3.8) is 0 Å². The molecule has 0 saturated carbocycles. The number of pyridine rings is 1. The van der Waals surface area contributed by atoms with Gasteiger partial charge in [-0.25, -0.2) is 4.79 Å². The monoisotopic (exact) mass is 507 g/mol. The summed E-state index contributed by atoms with van der Waals surface area (Å²) < 4.78 is 6.41. The van der Waals surface area contributed by atoms with Gasteiger partial charge in [-0.2, -0.15) is 0 Å². The zero-order valence-electron chi connectivity index (χ0n) is 20.2. The van der Waals surface area contributed by atoms with E-state index in [9.17, 15) is 24.0 Å². The number of nitrogens with one attached hydrogen (secondary N) is 2. The maximum absolute atomic E-state index is 13.2. The number of carbonyl (C=O) groups excluding carboxylic acids is 3. The minimum atomic E-state index is -1.25. The molecule has 0 fully saturated rings. The van der Waals surface area contributed by atoms with Crippen LogP contribution < -0.4 is 16.2 Å². The van der Waals surface area contributed by atoms with Crippen LogP contribution in [-0.2, 0) is 38.5 Å². The molecule has 1 aromatic carbocycles. The molecule has 10 heteroatoms. The molecule has 1 unspecified atom stereocenters. The highest BCUT2D eigenvalue weighted by Gasteiger charge is 2.20. The summed E-state index contributed by atoms with van der Waals surface area (Å²) in [6.45, 7) is -0.342. The Morgan fingerprint density at radius 3 is 2.59 bits per heavy atom. The summed E-state index contributed by atoms with van der Waals surface area (Å²) in [5.41, 5.74) is 0.854. The number of amides is 2. The zero-order valence-corrected chi connectivity index (χ0v) is 20.2. The number of hydrogen-bond acceptors (Lipinski definition) is 6. The lowest BCUT2D eigenvalue weighted by molar-refractivity contribution is -0.138. The van der Waals surface area contributed by atoms with Crippen molar-refractivity contribution in [3.8, 4) is 0 Å². The van der Waals surface area contributed by atoms with Gasteiger partial charge in [0.05, 0.1) is 19.1 Å². The van der Waals surface area contributed by atoms with Gasteiger partial charge in [0.2, 0.25) is 5.91 Å². The van der Waals surface area contributed by atoms with E-state index >= 15 is 0 Å². The fourth-order valence-electron chi connectivity index (χ4n) is 3.88. The molecule has 37 heavy (non-hydrogen) atoms. The molecule has 1 aliphatic rings. The van der Waals surface area contributed by atoms with E-state index in [0.717, 1.165) is 12.0 Å². The molecule has 0 spiro atoms. The van der Waals surface area contributed by atoms with Gasteiger partial charge in [-0.3, -0.25) is 19.7 Å². The first-order chi connectivity index (χ1) is 17.9. The van der Waals surface area contributed by atoms with Crippen molar-refractivity contribution in [2.75, 3.05) is 11.9 Å². The average molecular weight is 508 g/mol. The van der Waals surface area contributed by atoms with E-state index in [2.05, 4.69) is 10.6 Å². The Hall–Kier alpha value is -4.47. The highest BCUT2D eigenvalue weighted by molar-refractivity contribution is 5.85. The molecular formula is C27H29N3O7. The molecule has 10 nitrogen and oxygen atoms in total. The maximum atomic E-state index is 13.2. The quantitative estimate of drug-likeness (QED) is 0.374. The van der Waals surface area contributed by atoms with Gasteiger partial charge in [-0.05, 0) is 36.5 Å². The van der Waals surface area contributed by atoms with E-state index < -0.39 is 42.5 Å². The van der Waals surface area contributed by atoms with Crippen LogP contribution in [0.4, 0.5) is 10.5 Å². The molecule has 1 aromatic heterocycles. The van der Waals surface area contributed by atoms with Crippen LogP contribution in [0.3, 0.4) is 0 Å².